The van der Waals surface area contributed by atoms with E-state index in [0.717, 1.165) is 44.5 Å². The van der Waals surface area contributed by atoms with Gasteiger partial charge in [0.2, 0.25) is 5.91 Å². The smallest absolute Gasteiger partial charge is 0.220 e. The lowest BCUT2D eigenvalue weighted by Crippen LogP contribution is -2.28. The number of rotatable bonds is 8. The predicted octanol–water partition coefficient (Wildman–Crippen LogP) is 2.19. The van der Waals surface area contributed by atoms with E-state index in [1.54, 1.807) is 0 Å². The maximum absolute atomic E-state index is 11.1. The van der Waals surface area contributed by atoms with Crippen molar-refractivity contribution in [1.29, 1.82) is 0 Å². The number of allylic oxidation sites excluding steroid dienone is 1. The summed E-state index contributed by atoms with van der Waals surface area (Å²) in [5.74, 6) is 1.59. The van der Waals surface area contributed by atoms with E-state index in [1.165, 1.54) is 0 Å². The number of hydrogen-bond donors (Lipinski definition) is 1. The third-order valence-corrected chi connectivity index (χ3v) is 3.32. The predicted molar refractivity (Wildman–Crippen MR) is 73.2 cm³/mol. The molecule has 0 spiro atoms. The van der Waals surface area contributed by atoms with E-state index >= 15 is 0 Å². The van der Waals surface area contributed by atoms with Crippen LogP contribution in [-0.4, -0.2) is 24.0 Å². The first kappa shape index (κ1) is 17.0. The van der Waals surface area contributed by atoms with Crippen LogP contribution in [0.1, 0.15) is 52.4 Å². The number of ether oxygens (including phenoxy) is 1. The first-order chi connectivity index (χ1) is 8.15. The molecule has 1 fully saturated rings. The molecule has 1 aliphatic heterocycles. The van der Waals surface area contributed by atoms with Crippen molar-refractivity contribution in [3.05, 3.63) is 12.3 Å². The quantitative estimate of drug-likeness (QED) is 0.677. The third-order valence-electron chi connectivity index (χ3n) is 3.32. The summed E-state index contributed by atoms with van der Waals surface area (Å²) in [5.41, 5.74) is 0. The van der Waals surface area contributed by atoms with E-state index in [0.29, 0.717) is 18.4 Å². The Morgan fingerprint density at radius 3 is 2.78 bits per heavy atom. The van der Waals surface area contributed by atoms with Crippen LogP contribution in [0.5, 0.6) is 0 Å². The molecule has 0 aromatic heterocycles. The molecule has 4 nitrogen and oxygen atoms in total. The number of hydrogen-bond acceptors (Lipinski definition) is 2. The molecule has 3 N–H and O–H groups in total. The fraction of sp³-hybridized carbons (Fsp3) is 0.786. The molecule has 1 rings (SSSR count). The SMILES string of the molecule is C=C(CC)OCC(CCC)CC1CCC(=O)N1.O. The van der Waals surface area contributed by atoms with Crippen molar-refractivity contribution in [2.24, 2.45) is 5.92 Å². The molecule has 18 heavy (non-hydrogen) atoms. The maximum atomic E-state index is 11.1. The van der Waals surface area contributed by atoms with Gasteiger partial charge in [-0.2, -0.15) is 0 Å². The molecule has 0 aliphatic carbocycles. The molecule has 0 aromatic carbocycles. The molecule has 0 saturated carbocycles. The van der Waals surface area contributed by atoms with Gasteiger partial charge in [0.1, 0.15) is 0 Å². The molecular formula is C14H27NO3. The van der Waals surface area contributed by atoms with Gasteiger partial charge >= 0.3 is 0 Å². The second-order valence-corrected chi connectivity index (χ2v) is 4.90. The van der Waals surface area contributed by atoms with Crippen LogP contribution in [0, 0.1) is 5.92 Å². The lowest BCUT2D eigenvalue weighted by atomic mass is 9.95. The Morgan fingerprint density at radius 1 is 1.56 bits per heavy atom. The van der Waals surface area contributed by atoms with Crippen LogP contribution in [0.15, 0.2) is 12.3 Å². The number of carbonyl (C=O) groups excluding carboxylic acids is 1. The van der Waals surface area contributed by atoms with Crippen LogP contribution < -0.4 is 5.32 Å². The van der Waals surface area contributed by atoms with Crippen molar-refractivity contribution in [1.82, 2.24) is 5.32 Å². The fourth-order valence-corrected chi connectivity index (χ4v) is 2.27. The maximum Gasteiger partial charge on any atom is 0.220 e. The monoisotopic (exact) mass is 257 g/mol. The summed E-state index contributed by atoms with van der Waals surface area (Å²) in [7, 11) is 0. The molecule has 0 radical (unpaired) electrons. The van der Waals surface area contributed by atoms with E-state index in [-0.39, 0.29) is 11.4 Å². The summed E-state index contributed by atoms with van der Waals surface area (Å²) >= 11 is 0. The lowest BCUT2D eigenvalue weighted by molar-refractivity contribution is -0.119. The van der Waals surface area contributed by atoms with Crippen molar-refractivity contribution >= 4 is 5.91 Å². The van der Waals surface area contributed by atoms with E-state index in [9.17, 15) is 4.79 Å². The van der Waals surface area contributed by atoms with E-state index in [1.807, 2.05) is 6.92 Å². The Hall–Kier alpha value is -1.03. The van der Waals surface area contributed by atoms with Gasteiger partial charge in [-0.1, -0.05) is 26.8 Å². The van der Waals surface area contributed by atoms with Gasteiger partial charge in [0, 0.05) is 18.9 Å². The minimum atomic E-state index is 0. The van der Waals surface area contributed by atoms with Crippen LogP contribution in [0.4, 0.5) is 0 Å². The van der Waals surface area contributed by atoms with Crippen LogP contribution in [0.2, 0.25) is 0 Å². The second kappa shape index (κ2) is 8.97. The molecule has 1 saturated heterocycles. The summed E-state index contributed by atoms with van der Waals surface area (Å²) in [5, 5.41) is 3.03. The van der Waals surface area contributed by atoms with E-state index < -0.39 is 0 Å². The fourth-order valence-electron chi connectivity index (χ4n) is 2.27. The molecule has 2 unspecified atom stereocenters. The third kappa shape index (κ3) is 6.05. The molecule has 2 atom stereocenters. The van der Waals surface area contributed by atoms with Gasteiger partial charge in [0.15, 0.2) is 0 Å². The molecule has 1 heterocycles. The average Bonchev–Trinajstić information content (AvgIpc) is 2.71. The largest absolute Gasteiger partial charge is 0.498 e. The van der Waals surface area contributed by atoms with Crippen molar-refractivity contribution < 1.29 is 15.0 Å². The Morgan fingerprint density at radius 2 is 2.28 bits per heavy atom. The molecular weight excluding hydrogens is 230 g/mol. The van der Waals surface area contributed by atoms with Crippen LogP contribution in [-0.2, 0) is 9.53 Å². The first-order valence-electron chi connectivity index (χ1n) is 6.75. The Labute approximate surface area is 110 Å². The topological polar surface area (TPSA) is 69.8 Å². The number of carbonyl (C=O) groups is 1. The standard InChI is InChI=1S/C14H25NO2.H2O/c1-4-6-12(10-17-11(3)5-2)9-13-7-8-14(16)15-13;/h12-13H,3-10H2,1-2H3,(H,15,16);1H2. The van der Waals surface area contributed by atoms with Crippen molar-refractivity contribution in [3.63, 3.8) is 0 Å². The zero-order valence-electron chi connectivity index (χ0n) is 11.6. The normalized spacial score (nSPS) is 19.9. The zero-order valence-corrected chi connectivity index (χ0v) is 11.6. The highest BCUT2D eigenvalue weighted by Crippen LogP contribution is 2.20. The highest BCUT2D eigenvalue weighted by molar-refractivity contribution is 5.78. The van der Waals surface area contributed by atoms with Gasteiger partial charge in [0.25, 0.3) is 0 Å². The molecule has 0 bridgehead atoms. The minimum Gasteiger partial charge on any atom is -0.498 e. The zero-order chi connectivity index (χ0) is 12.7. The van der Waals surface area contributed by atoms with Gasteiger partial charge < -0.3 is 15.5 Å². The van der Waals surface area contributed by atoms with Gasteiger partial charge in [0.05, 0.1) is 12.4 Å². The van der Waals surface area contributed by atoms with Gasteiger partial charge in [-0.25, -0.2) is 0 Å². The highest BCUT2D eigenvalue weighted by Gasteiger charge is 2.24. The molecule has 106 valence electrons. The summed E-state index contributed by atoms with van der Waals surface area (Å²) in [6.07, 6.45) is 5.89. The highest BCUT2D eigenvalue weighted by atomic mass is 16.5. The molecule has 1 aliphatic rings. The first-order valence-corrected chi connectivity index (χ1v) is 6.75. The summed E-state index contributed by atoms with van der Waals surface area (Å²) in [4.78, 5) is 11.1. The second-order valence-electron chi connectivity index (χ2n) is 4.90. The summed E-state index contributed by atoms with van der Waals surface area (Å²) < 4.78 is 5.64. The molecule has 0 aromatic rings. The molecule has 4 heteroatoms. The van der Waals surface area contributed by atoms with Crippen molar-refractivity contribution in [3.8, 4) is 0 Å². The Bertz CT molecular complexity index is 266. The van der Waals surface area contributed by atoms with E-state index in [4.69, 9.17) is 4.74 Å². The van der Waals surface area contributed by atoms with E-state index in [2.05, 4.69) is 18.8 Å². The minimum absolute atomic E-state index is 0. The van der Waals surface area contributed by atoms with Gasteiger partial charge in [-0.15, -0.1) is 0 Å². The lowest BCUT2D eigenvalue weighted by Gasteiger charge is -2.21. The Balaban J connectivity index is 0.00000289. The van der Waals surface area contributed by atoms with Crippen molar-refractivity contribution in [2.75, 3.05) is 6.61 Å². The summed E-state index contributed by atoms with van der Waals surface area (Å²) in [6, 6.07) is 0.359. The van der Waals surface area contributed by atoms with Crippen molar-refractivity contribution in [2.45, 2.75) is 58.4 Å². The average molecular weight is 257 g/mol. The van der Waals surface area contributed by atoms with Gasteiger partial charge in [-0.05, 0) is 25.2 Å². The Kier molecular flexibility index (Phi) is 8.46. The summed E-state index contributed by atoms with van der Waals surface area (Å²) in [6.45, 7) is 8.84. The molecule has 1 amide bonds. The van der Waals surface area contributed by atoms with Crippen LogP contribution in [0.25, 0.3) is 0 Å². The number of amides is 1. The van der Waals surface area contributed by atoms with Crippen LogP contribution in [0.3, 0.4) is 0 Å². The van der Waals surface area contributed by atoms with Crippen LogP contribution >= 0.6 is 0 Å². The van der Waals surface area contributed by atoms with Gasteiger partial charge in [-0.3, -0.25) is 4.79 Å². The number of nitrogens with one attached hydrogen (secondary N) is 1.